The lowest BCUT2D eigenvalue weighted by molar-refractivity contribution is 0.00862. The van der Waals surface area contributed by atoms with Crippen LogP contribution in [0.4, 0.5) is 5.69 Å². The summed E-state index contributed by atoms with van der Waals surface area (Å²) >= 11 is 6.09. The van der Waals surface area contributed by atoms with Gasteiger partial charge in [-0.25, -0.2) is 0 Å². The first-order valence-corrected chi connectivity index (χ1v) is 10.2. The maximum atomic E-state index is 10.4. The van der Waals surface area contributed by atoms with E-state index in [1.807, 2.05) is 36.4 Å². The molecule has 1 saturated heterocycles. The van der Waals surface area contributed by atoms with E-state index in [0.29, 0.717) is 13.2 Å². The summed E-state index contributed by atoms with van der Waals surface area (Å²) in [4.78, 5) is 4.58. The van der Waals surface area contributed by atoms with E-state index in [-0.39, 0.29) is 6.61 Å². The first kappa shape index (κ1) is 21.7. The van der Waals surface area contributed by atoms with Gasteiger partial charge in [0.15, 0.2) is 0 Å². The maximum Gasteiger partial charge on any atom is 0.124 e. The lowest BCUT2D eigenvalue weighted by Crippen LogP contribution is -2.49. The molecule has 3 rings (SSSR count). The van der Waals surface area contributed by atoms with E-state index in [4.69, 9.17) is 25.8 Å². The molecule has 1 aliphatic rings. The summed E-state index contributed by atoms with van der Waals surface area (Å²) in [6.07, 6.45) is -0.538. The van der Waals surface area contributed by atoms with Gasteiger partial charge >= 0.3 is 0 Å². The number of β-amino-alcohol motifs (C(OH)–C–C–N with tert-alkyl or cyclic N) is 1. The van der Waals surface area contributed by atoms with Crippen molar-refractivity contribution >= 4 is 17.3 Å². The Morgan fingerprint density at radius 2 is 1.83 bits per heavy atom. The highest BCUT2D eigenvalue weighted by Gasteiger charge is 2.20. The van der Waals surface area contributed by atoms with Crippen LogP contribution >= 0.6 is 11.6 Å². The number of benzene rings is 2. The third-order valence-corrected chi connectivity index (χ3v) is 5.31. The highest BCUT2D eigenvalue weighted by atomic mass is 35.5. The zero-order valence-corrected chi connectivity index (χ0v) is 17.8. The predicted molar refractivity (Wildman–Crippen MR) is 115 cm³/mol. The van der Waals surface area contributed by atoms with Crippen molar-refractivity contribution < 1.29 is 19.3 Å². The summed E-state index contributed by atoms with van der Waals surface area (Å²) in [5, 5.41) is 11.1. The maximum absolute atomic E-state index is 10.4. The quantitative estimate of drug-likeness (QED) is 0.673. The molecule has 0 saturated carbocycles. The lowest BCUT2D eigenvalue weighted by atomic mass is 10.2. The molecule has 29 heavy (non-hydrogen) atoms. The van der Waals surface area contributed by atoms with Crippen LogP contribution in [0.1, 0.15) is 5.56 Å². The van der Waals surface area contributed by atoms with Gasteiger partial charge in [-0.2, -0.15) is 0 Å². The van der Waals surface area contributed by atoms with Gasteiger partial charge in [0.2, 0.25) is 0 Å². The molecule has 158 valence electrons. The first-order valence-electron chi connectivity index (χ1n) is 9.78. The Balaban J connectivity index is 1.41. The molecule has 0 radical (unpaired) electrons. The summed E-state index contributed by atoms with van der Waals surface area (Å²) in [6.45, 7) is 4.85. The van der Waals surface area contributed by atoms with Crippen LogP contribution in [0.5, 0.6) is 11.5 Å². The zero-order valence-electron chi connectivity index (χ0n) is 17.0. The Bertz CT molecular complexity index is 781. The largest absolute Gasteiger partial charge is 0.497 e. The fourth-order valence-corrected chi connectivity index (χ4v) is 3.70. The van der Waals surface area contributed by atoms with E-state index >= 15 is 0 Å². The van der Waals surface area contributed by atoms with Crippen LogP contribution in [0.25, 0.3) is 0 Å². The van der Waals surface area contributed by atoms with Crippen molar-refractivity contribution in [3.63, 3.8) is 0 Å². The van der Waals surface area contributed by atoms with E-state index in [0.717, 1.165) is 54.0 Å². The minimum absolute atomic E-state index is 0.273. The van der Waals surface area contributed by atoms with Gasteiger partial charge in [-0.05, 0) is 36.4 Å². The molecule has 1 atom stereocenters. The number of aliphatic hydroxyl groups is 1. The number of hydrogen-bond donors (Lipinski definition) is 1. The number of hydrogen-bond acceptors (Lipinski definition) is 6. The molecule has 0 aromatic heterocycles. The number of piperazine rings is 1. The lowest BCUT2D eigenvalue weighted by Gasteiger charge is -2.37. The minimum Gasteiger partial charge on any atom is -0.497 e. The van der Waals surface area contributed by atoms with Crippen LogP contribution < -0.4 is 14.4 Å². The number of anilines is 1. The molecular formula is C22H29ClN2O4. The van der Waals surface area contributed by atoms with E-state index in [9.17, 15) is 5.11 Å². The molecule has 2 aromatic rings. The van der Waals surface area contributed by atoms with Gasteiger partial charge in [-0.15, -0.1) is 0 Å². The second-order valence-electron chi connectivity index (χ2n) is 7.11. The summed E-state index contributed by atoms with van der Waals surface area (Å²) in [5.41, 5.74) is 2.04. The third kappa shape index (κ3) is 6.24. The number of aliphatic hydroxyl groups excluding tert-OH is 1. The normalized spacial score (nSPS) is 15.9. The number of methoxy groups -OCH3 is 2. The Hall–Kier alpha value is -1.99. The van der Waals surface area contributed by atoms with E-state index in [2.05, 4.69) is 15.9 Å². The molecule has 6 nitrogen and oxygen atoms in total. The van der Waals surface area contributed by atoms with Gasteiger partial charge in [0.05, 0.1) is 33.5 Å². The topological polar surface area (TPSA) is 54.4 Å². The molecule has 1 heterocycles. The van der Waals surface area contributed by atoms with Crippen molar-refractivity contribution in [1.82, 2.24) is 4.90 Å². The summed E-state index contributed by atoms with van der Waals surface area (Å²) in [5.74, 6) is 1.50. The predicted octanol–water partition coefficient (Wildman–Crippen LogP) is 3.06. The Morgan fingerprint density at radius 3 is 2.52 bits per heavy atom. The standard InChI is InChI=1S/C22H29ClN2O4/c1-27-21-6-7-22(28-2)17(12-21)15-29-16-20(26)14-24-8-10-25(11-9-24)19-5-3-4-18(23)13-19/h3-7,12-13,20,26H,8-11,14-16H2,1-2H3/t20-/m0/s1. The molecule has 0 aliphatic carbocycles. The Morgan fingerprint density at radius 1 is 1.03 bits per heavy atom. The highest BCUT2D eigenvalue weighted by molar-refractivity contribution is 6.30. The van der Waals surface area contributed by atoms with Gasteiger partial charge < -0.3 is 24.2 Å². The molecular weight excluding hydrogens is 392 g/mol. The van der Waals surface area contributed by atoms with Crippen molar-refractivity contribution in [3.8, 4) is 11.5 Å². The van der Waals surface area contributed by atoms with Crippen LogP contribution in [-0.2, 0) is 11.3 Å². The number of nitrogens with zero attached hydrogens (tertiary/aromatic N) is 2. The van der Waals surface area contributed by atoms with Gasteiger partial charge in [0.25, 0.3) is 0 Å². The van der Waals surface area contributed by atoms with Crippen molar-refractivity contribution in [3.05, 3.63) is 53.1 Å². The molecule has 1 fully saturated rings. The number of rotatable bonds is 9. The van der Waals surface area contributed by atoms with E-state index in [1.165, 1.54) is 0 Å². The van der Waals surface area contributed by atoms with Crippen LogP contribution in [-0.4, -0.2) is 69.7 Å². The Labute approximate surface area is 177 Å². The van der Waals surface area contributed by atoms with Crippen LogP contribution in [0.2, 0.25) is 5.02 Å². The summed E-state index contributed by atoms with van der Waals surface area (Å²) in [7, 11) is 3.26. The van der Waals surface area contributed by atoms with Crippen molar-refractivity contribution in [2.45, 2.75) is 12.7 Å². The molecule has 2 aromatic carbocycles. The van der Waals surface area contributed by atoms with E-state index < -0.39 is 6.10 Å². The molecule has 0 amide bonds. The van der Waals surface area contributed by atoms with Crippen LogP contribution in [0.15, 0.2) is 42.5 Å². The average Bonchev–Trinajstić information content (AvgIpc) is 2.74. The van der Waals surface area contributed by atoms with Crippen LogP contribution in [0.3, 0.4) is 0 Å². The van der Waals surface area contributed by atoms with E-state index in [1.54, 1.807) is 14.2 Å². The zero-order chi connectivity index (χ0) is 20.6. The summed E-state index contributed by atoms with van der Waals surface area (Å²) in [6, 6.07) is 13.5. The van der Waals surface area contributed by atoms with Gasteiger partial charge in [-0.1, -0.05) is 17.7 Å². The first-order chi connectivity index (χ1) is 14.1. The van der Waals surface area contributed by atoms with Gasteiger partial charge in [0, 0.05) is 49.0 Å². The van der Waals surface area contributed by atoms with Gasteiger partial charge in [0.1, 0.15) is 11.5 Å². The van der Waals surface area contributed by atoms with Crippen molar-refractivity contribution in [1.29, 1.82) is 0 Å². The SMILES string of the molecule is COc1ccc(OC)c(COC[C@@H](O)CN2CCN(c3cccc(Cl)c3)CC2)c1. The number of halogens is 1. The minimum atomic E-state index is -0.538. The second kappa shape index (κ2) is 10.7. The highest BCUT2D eigenvalue weighted by Crippen LogP contribution is 2.25. The third-order valence-electron chi connectivity index (χ3n) is 5.07. The molecule has 0 bridgehead atoms. The van der Waals surface area contributed by atoms with Crippen molar-refractivity contribution in [2.75, 3.05) is 58.5 Å². The summed E-state index contributed by atoms with van der Waals surface area (Å²) < 4.78 is 16.3. The molecule has 1 aliphatic heterocycles. The second-order valence-corrected chi connectivity index (χ2v) is 7.55. The van der Waals surface area contributed by atoms with Gasteiger partial charge in [-0.3, -0.25) is 4.90 Å². The molecule has 7 heteroatoms. The average molecular weight is 421 g/mol. The smallest absolute Gasteiger partial charge is 0.124 e. The number of ether oxygens (including phenoxy) is 3. The van der Waals surface area contributed by atoms with Crippen molar-refractivity contribution in [2.24, 2.45) is 0 Å². The monoisotopic (exact) mass is 420 g/mol. The fraction of sp³-hybridized carbons (Fsp3) is 0.455. The molecule has 0 spiro atoms. The molecule has 1 N–H and O–H groups in total. The fourth-order valence-electron chi connectivity index (χ4n) is 3.51. The van der Waals surface area contributed by atoms with Crippen LogP contribution in [0, 0.1) is 0 Å². The Kier molecular flexibility index (Phi) is 8.00. The molecule has 0 unspecified atom stereocenters.